The van der Waals surface area contributed by atoms with Crippen molar-refractivity contribution in [3.05, 3.63) is 28.2 Å². The van der Waals surface area contributed by atoms with Crippen molar-refractivity contribution >= 4 is 5.69 Å². The van der Waals surface area contributed by atoms with Gasteiger partial charge in [-0.15, -0.1) is 0 Å². The maximum atomic E-state index is 10.7. The Bertz CT molecular complexity index is 279. The number of aromatic nitrogens is 1. The van der Waals surface area contributed by atoms with E-state index in [0.717, 1.165) is 0 Å². The Labute approximate surface area is 57.3 Å². The predicted molar refractivity (Wildman–Crippen MR) is 37.4 cm³/mol. The van der Waals surface area contributed by atoms with Crippen molar-refractivity contribution in [1.82, 2.24) is 4.98 Å². The molecule has 4 nitrogen and oxygen atoms in total. The Kier molecular flexibility index (Phi) is 1.73. The van der Waals surface area contributed by atoms with Crippen LogP contribution in [0.1, 0.15) is 5.56 Å². The number of aliphatic hydroxyl groups is 1. The molecular weight excluding hydrogens is 132 g/mol. The molecule has 0 amide bonds. The maximum Gasteiger partial charge on any atom is 0.253 e. The molecule has 1 aromatic rings. The van der Waals surface area contributed by atoms with Gasteiger partial charge in [-0.3, -0.25) is 4.79 Å². The van der Waals surface area contributed by atoms with Crippen LogP contribution in [-0.2, 0) is 6.61 Å². The predicted octanol–water partition coefficient (Wildman–Crippen LogP) is -0.551. The molecule has 0 saturated carbocycles. The van der Waals surface area contributed by atoms with Gasteiger partial charge in [-0.05, 0) is 6.07 Å². The number of anilines is 1. The van der Waals surface area contributed by atoms with E-state index in [1.54, 1.807) is 0 Å². The van der Waals surface area contributed by atoms with Crippen molar-refractivity contribution < 1.29 is 5.11 Å². The second-order valence-corrected chi connectivity index (χ2v) is 1.95. The van der Waals surface area contributed by atoms with Crippen LogP contribution in [0.2, 0.25) is 0 Å². The van der Waals surface area contributed by atoms with Gasteiger partial charge in [0.1, 0.15) is 0 Å². The van der Waals surface area contributed by atoms with Gasteiger partial charge in [-0.25, -0.2) is 0 Å². The first-order chi connectivity index (χ1) is 4.74. The van der Waals surface area contributed by atoms with Crippen molar-refractivity contribution in [2.24, 2.45) is 0 Å². The van der Waals surface area contributed by atoms with E-state index in [2.05, 4.69) is 4.98 Å². The zero-order valence-corrected chi connectivity index (χ0v) is 5.29. The molecule has 4 heteroatoms. The maximum absolute atomic E-state index is 10.7. The van der Waals surface area contributed by atoms with Gasteiger partial charge >= 0.3 is 0 Å². The highest BCUT2D eigenvalue weighted by molar-refractivity contribution is 5.36. The monoisotopic (exact) mass is 140 g/mol. The summed E-state index contributed by atoms with van der Waals surface area (Å²) in [5.74, 6) is 0. The first-order valence-corrected chi connectivity index (χ1v) is 2.82. The van der Waals surface area contributed by atoms with Crippen LogP contribution in [0.4, 0.5) is 5.69 Å². The van der Waals surface area contributed by atoms with Gasteiger partial charge in [-0.1, -0.05) is 0 Å². The van der Waals surface area contributed by atoms with Crippen LogP contribution in [0, 0.1) is 0 Å². The summed E-state index contributed by atoms with van der Waals surface area (Å²) in [7, 11) is 0. The number of hydrogen-bond acceptors (Lipinski definition) is 3. The number of H-pyrrole nitrogens is 1. The van der Waals surface area contributed by atoms with Gasteiger partial charge in [0, 0.05) is 17.4 Å². The fraction of sp³-hybridized carbons (Fsp3) is 0.167. The van der Waals surface area contributed by atoms with Gasteiger partial charge in [0.2, 0.25) is 0 Å². The van der Waals surface area contributed by atoms with E-state index in [1.165, 1.54) is 12.3 Å². The number of pyridine rings is 1. The lowest BCUT2D eigenvalue weighted by Gasteiger charge is -1.94. The molecule has 1 heterocycles. The first-order valence-electron chi connectivity index (χ1n) is 2.82. The second-order valence-electron chi connectivity index (χ2n) is 1.95. The van der Waals surface area contributed by atoms with E-state index < -0.39 is 0 Å². The molecular formula is C6H8N2O2. The molecule has 0 saturated heterocycles. The van der Waals surface area contributed by atoms with Crippen molar-refractivity contribution in [3.8, 4) is 0 Å². The normalized spacial score (nSPS) is 9.70. The van der Waals surface area contributed by atoms with E-state index >= 15 is 0 Å². The minimum atomic E-state index is -0.295. The summed E-state index contributed by atoms with van der Waals surface area (Å²) in [6, 6.07) is 1.44. The Morgan fingerprint density at radius 3 is 2.90 bits per heavy atom. The Balaban J connectivity index is 3.22. The zero-order chi connectivity index (χ0) is 7.56. The molecule has 1 aromatic heterocycles. The van der Waals surface area contributed by atoms with E-state index in [0.29, 0.717) is 11.3 Å². The number of nitrogen functional groups attached to an aromatic ring is 1. The van der Waals surface area contributed by atoms with Gasteiger partial charge in [-0.2, -0.15) is 0 Å². The smallest absolute Gasteiger partial charge is 0.253 e. The highest BCUT2D eigenvalue weighted by Crippen LogP contribution is 1.97. The third-order valence-corrected chi connectivity index (χ3v) is 1.17. The minimum Gasteiger partial charge on any atom is -0.398 e. The largest absolute Gasteiger partial charge is 0.398 e. The quantitative estimate of drug-likeness (QED) is 0.489. The second kappa shape index (κ2) is 2.53. The van der Waals surface area contributed by atoms with Crippen molar-refractivity contribution in [2.45, 2.75) is 6.61 Å². The van der Waals surface area contributed by atoms with E-state index in [4.69, 9.17) is 10.8 Å². The molecule has 0 fully saturated rings. The number of aromatic amines is 1. The van der Waals surface area contributed by atoms with Gasteiger partial charge in [0.15, 0.2) is 0 Å². The zero-order valence-electron chi connectivity index (χ0n) is 5.29. The number of nitrogens with two attached hydrogens (primary N) is 1. The molecule has 0 radical (unpaired) electrons. The van der Waals surface area contributed by atoms with Crippen LogP contribution in [0.3, 0.4) is 0 Å². The van der Waals surface area contributed by atoms with Gasteiger partial charge in [0.25, 0.3) is 5.56 Å². The molecule has 0 spiro atoms. The highest BCUT2D eigenvalue weighted by atomic mass is 16.3. The molecule has 0 bridgehead atoms. The average Bonchev–Trinajstić information content (AvgIpc) is 1.94. The van der Waals surface area contributed by atoms with Gasteiger partial charge in [0.05, 0.1) is 6.61 Å². The van der Waals surface area contributed by atoms with Crippen LogP contribution in [0.15, 0.2) is 17.1 Å². The number of nitrogens with one attached hydrogen (secondary N) is 1. The third-order valence-electron chi connectivity index (χ3n) is 1.17. The molecule has 0 aromatic carbocycles. The van der Waals surface area contributed by atoms with Crippen LogP contribution >= 0.6 is 0 Å². The number of hydrogen-bond donors (Lipinski definition) is 3. The molecule has 4 N–H and O–H groups in total. The molecule has 1 rings (SSSR count). The number of aliphatic hydroxyl groups excluding tert-OH is 1. The Morgan fingerprint density at radius 2 is 2.40 bits per heavy atom. The summed E-state index contributed by atoms with van der Waals surface area (Å²) in [6.45, 7) is -0.277. The van der Waals surface area contributed by atoms with Crippen LogP contribution in [-0.4, -0.2) is 10.1 Å². The minimum absolute atomic E-state index is 0.277. The standard InChI is InChI=1S/C6H8N2O2/c7-5-1-4(3-9)6(10)8-2-5/h1-2,9H,3,7H2,(H,8,10). The summed E-state index contributed by atoms with van der Waals surface area (Å²) in [6.07, 6.45) is 1.39. The molecule has 0 atom stereocenters. The third kappa shape index (κ3) is 1.16. The molecule has 0 aliphatic carbocycles. The summed E-state index contributed by atoms with van der Waals surface area (Å²) < 4.78 is 0. The topological polar surface area (TPSA) is 79.1 Å². The molecule has 54 valence electrons. The molecule has 0 aliphatic rings. The van der Waals surface area contributed by atoms with E-state index in [9.17, 15) is 4.79 Å². The fourth-order valence-electron chi connectivity index (χ4n) is 0.667. The molecule has 0 aliphatic heterocycles. The lowest BCUT2D eigenvalue weighted by Crippen LogP contribution is -2.12. The lowest BCUT2D eigenvalue weighted by atomic mass is 10.3. The van der Waals surface area contributed by atoms with Crippen LogP contribution in [0.25, 0.3) is 0 Å². The lowest BCUT2D eigenvalue weighted by molar-refractivity contribution is 0.280. The van der Waals surface area contributed by atoms with Crippen LogP contribution < -0.4 is 11.3 Å². The van der Waals surface area contributed by atoms with Crippen molar-refractivity contribution in [1.29, 1.82) is 0 Å². The van der Waals surface area contributed by atoms with Gasteiger partial charge < -0.3 is 15.8 Å². The summed E-state index contributed by atoms with van der Waals surface area (Å²) in [5.41, 5.74) is 5.77. The van der Waals surface area contributed by atoms with Crippen molar-refractivity contribution in [3.63, 3.8) is 0 Å². The molecule has 0 unspecified atom stereocenters. The number of rotatable bonds is 1. The SMILES string of the molecule is Nc1c[nH]c(=O)c(CO)c1. The Hall–Kier alpha value is -1.29. The summed E-state index contributed by atoms with van der Waals surface area (Å²) in [4.78, 5) is 13.1. The van der Waals surface area contributed by atoms with Crippen LogP contribution in [0.5, 0.6) is 0 Å². The molecule has 10 heavy (non-hydrogen) atoms. The van der Waals surface area contributed by atoms with E-state index in [1.807, 2.05) is 0 Å². The fourth-order valence-corrected chi connectivity index (χ4v) is 0.667. The van der Waals surface area contributed by atoms with Crippen molar-refractivity contribution in [2.75, 3.05) is 5.73 Å². The van der Waals surface area contributed by atoms with E-state index in [-0.39, 0.29) is 12.2 Å². The summed E-state index contributed by atoms with van der Waals surface area (Å²) in [5, 5.41) is 8.57. The summed E-state index contributed by atoms with van der Waals surface area (Å²) >= 11 is 0. The first kappa shape index (κ1) is 6.82. The highest BCUT2D eigenvalue weighted by Gasteiger charge is 1.95. The average molecular weight is 140 g/mol. The Morgan fingerprint density at radius 1 is 1.70 bits per heavy atom.